The van der Waals surface area contributed by atoms with Crippen molar-refractivity contribution in [3.63, 3.8) is 0 Å². The lowest BCUT2D eigenvalue weighted by Gasteiger charge is -2.07. The van der Waals surface area contributed by atoms with E-state index in [0.717, 1.165) is 0 Å². The van der Waals surface area contributed by atoms with Crippen LogP contribution in [0.2, 0.25) is 0 Å². The number of phenolic OH excluding ortho intramolecular Hbond substituents is 1. The molecule has 1 heterocycles. The van der Waals surface area contributed by atoms with Crippen molar-refractivity contribution in [2.45, 2.75) is 13.5 Å². The van der Waals surface area contributed by atoms with Crippen molar-refractivity contribution in [1.29, 1.82) is 0 Å². The third-order valence-corrected chi connectivity index (χ3v) is 2.64. The molecule has 2 rings (SSSR count). The predicted octanol–water partition coefficient (Wildman–Crippen LogP) is 0.756. The average molecular weight is 236 g/mol. The molecule has 0 saturated heterocycles. The Morgan fingerprint density at radius 3 is 2.88 bits per heavy atom. The molecule has 1 aromatic heterocycles. The van der Waals surface area contributed by atoms with Gasteiger partial charge in [-0.1, -0.05) is 6.92 Å². The Morgan fingerprint density at radius 2 is 2.24 bits per heavy atom. The van der Waals surface area contributed by atoms with Gasteiger partial charge in [0.15, 0.2) is 0 Å². The Hall–Kier alpha value is -2.24. The molecule has 0 bridgehead atoms. The fourth-order valence-electron chi connectivity index (χ4n) is 1.67. The van der Waals surface area contributed by atoms with Gasteiger partial charge in [0.1, 0.15) is 5.75 Å². The van der Waals surface area contributed by atoms with E-state index in [0.29, 0.717) is 11.0 Å². The number of rotatable bonds is 3. The number of H-pyrrole nitrogens is 1. The molecule has 1 atom stereocenters. The topological polar surface area (TPSA) is 95.3 Å². The first-order valence-corrected chi connectivity index (χ1v) is 5.13. The van der Waals surface area contributed by atoms with Crippen LogP contribution < -0.4 is 5.69 Å². The normalized spacial score (nSPS) is 12.8. The minimum Gasteiger partial charge on any atom is -0.508 e. The SMILES string of the molecule is CC(Cn1c(=O)[nH]c2ccc(O)cc21)C(=O)O. The highest BCUT2D eigenvalue weighted by molar-refractivity contribution is 5.77. The summed E-state index contributed by atoms with van der Waals surface area (Å²) >= 11 is 0. The molecule has 0 spiro atoms. The molecular formula is C11H12N2O4. The second-order valence-electron chi connectivity index (χ2n) is 3.98. The number of carboxylic acids is 1. The number of aliphatic carboxylic acids is 1. The third kappa shape index (κ3) is 2.01. The Balaban J connectivity index is 2.52. The lowest BCUT2D eigenvalue weighted by atomic mass is 10.2. The number of carboxylic acid groups (broad SMARTS) is 1. The number of nitrogens with one attached hydrogen (secondary N) is 1. The first kappa shape index (κ1) is 11.3. The summed E-state index contributed by atoms with van der Waals surface area (Å²) < 4.78 is 1.31. The number of hydrogen-bond acceptors (Lipinski definition) is 3. The zero-order valence-electron chi connectivity index (χ0n) is 9.17. The summed E-state index contributed by atoms with van der Waals surface area (Å²) in [4.78, 5) is 25.0. The summed E-state index contributed by atoms with van der Waals surface area (Å²) in [5.74, 6) is -1.60. The van der Waals surface area contributed by atoms with Crippen molar-refractivity contribution in [3.8, 4) is 5.75 Å². The molecular weight excluding hydrogens is 224 g/mol. The van der Waals surface area contributed by atoms with E-state index in [1.165, 1.54) is 23.6 Å². The summed E-state index contributed by atoms with van der Waals surface area (Å²) in [7, 11) is 0. The van der Waals surface area contributed by atoms with E-state index in [4.69, 9.17) is 5.11 Å². The van der Waals surface area contributed by atoms with Gasteiger partial charge in [-0.2, -0.15) is 0 Å². The van der Waals surface area contributed by atoms with E-state index < -0.39 is 11.9 Å². The number of phenols is 1. The van der Waals surface area contributed by atoms with Crippen LogP contribution in [0.4, 0.5) is 0 Å². The highest BCUT2D eigenvalue weighted by Gasteiger charge is 2.15. The number of aromatic hydroxyl groups is 1. The molecule has 0 saturated carbocycles. The predicted molar refractivity (Wildman–Crippen MR) is 61.0 cm³/mol. The molecule has 6 nitrogen and oxygen atoms in total. The summed E-state index contributed by atoms with van der Waals surface area (Å²) in [5, 5.41) is 18.2. The highest BCUT2D eigenvalue weighted by Crippen LogP contribution is 2.17. The van der Waals surface area contributed by atoms with E-state index in [1.54, 1.807) is 6.07 Å². The van der Waals surface area contributed by atoms with Crippen LogP contribution in [0.15, 0.2) is 23.0 Å². The number of fused-ring (bicyclic) bond motifs is 1. The number of nitrogens with zero attached hydrogens (tertiary/aromatic N) is 1. The fourth-order valence-corrected chi connectivity index (χ4v) is 1.67. The monoisotopic (exact) mass is 236 g/mol. The molecule has 0 amide bonds. The summed E-state index contributed by atoms with van der Waals surface area (Å²) in [5.41, 5.74) is 0.701. The van der Waals surface area contributed by atoms with Gasteiger partial charge in [0, 0.05) is 12.6 Å². The maximum Gasteiger partial charge on any atom is 0.326 e. The standard InChI is InChI=1S/C11H12N2O4/c1-6(10(15)16)5-13-9-4-7(14)2-3-8(9)12-11(13)17/h2-4,6,14H,5H2,1H3,(H,12,17)(H,15,16). The number of imidazole rings is 1. The third-order valence-electron chi connectivity index (χ3n) is 2.64. The molecule has 0 fully saturated rings. The maximum absolute atomic E-state index is 11.6. The van der Waals surface area contributed by atoms with E-state index in [1.807, 2.05) is 0 Å². The summed E-state index contributed by atoms with van der Waals surface area (Å²) in [6, 6.07) is 4.47. The molecule has 90 valence electrons. The van der Waals surface area contributed by atoms with Gasteiger partial charge in [-0.05, 0) is 12.1 Å². The van der Waals surface area contributed by atoms with Crippen LogP contribution in [-0.2, 0) is 11.3 Å². The van der Waals surface area contributed by atoms with Crippen LogP contribution in [0.25, 0.3) is 11.0 Å². The van der Waals surface area contributed by atoms with Crippen molar-refractivity contribution < 1.29 is 15.0 Å². The van der Waals surface area contributed by atoms with Crippen molar-refractivity contribution in [1.82, 2.24) is 9.55 Å². The van der Waals surface area contributed by atoms with Crippen LogP contribution in [0.1, 0.15) is 6.92 Å². The number of aromatic nitrogens is 2. The lowest BCUT2D eigenvalue weighted by Crippen LogP contribution is -2.24. The Bertz CT molecular complexity index is 626. The zero-order chi connectivity index (χ0) is 12.6. The van der Waals surface area contributed by atoms with E-state index >= 15 is 0 Å². The van der Waals surface area contributed by atoms with Gasteiger partial charge in [0.2, 0.25) is 0 Å². The molecule has 1 unspecified atom stereocenters. The van der Waals surface area contributed by atoms with Crippen LogP contribution in [0.3, 0.4) is 0 Å². The van der Waals surface area contributed by atoms with Crippen molar-refractivity contribution in [2.75, 3.05) is 0 Å². The first-order valence-electron chi connectivity index (χ1n) is 5.13. The Kier molecular flexibility index (Phi) is 2.63. The molecule has 0 aliphatic carbocycles. The highest BCUT2D eigenvalue weighted by atomic mass is 16.4. The molecule has 0 radical (unpaired) electrons. The number of hydrogen-bond donors (Lipinski definition) is 3. The van der Waals surface area contributed by atoms with Gasteiger partial charge < -0.3 is 15.2 Å². The Morgan fingerprint density at radius 1 is 1.53 bits per heavy atom. The van der Waals surface area contributed by atoms with Crippen molar-refractivity contribution >= 4 is 17.0 Å². The fraction of sp³-hybridized carbons (Fsp3) is 0.273. The van der Waals surface area contributed by atoms with Crippen LogP contribution >= 0.6 is 0 Å². The van der Waals surface area contributed by atoms with Crippen molar-refractivity contribution in [2.24, 2.45) is 5.92 Å². The van der Waals surface area contributed by atoms with Gasteiger partial charge in [0.05, 0.1) is 17.0 Å². The number of aromatic amines is 1. The van der Waals surface area contributed by atoms with E-state index in [9.17, 15) is 14.7 Å². The van der Waals surface area contributed by atoms with Gasteiger partial charge in [-0.15, -0.1) is 0 Å². The van der Waals surface area contributed by atoms with Gasteiger partial charge in [-0.25, -0.2) is 4.79 Å². The second kappa shape index (κ2) is 3.97. The molecule has 17 heavy (non-hydrogen) atoms. The minimum atomic E-state index is -0.966. The molecule has 0 aliphatic heterocycles. The second-order valence-corrected chi connectivity index (χ2v) is 3.98. The molecule has 0 aliphatic rings. The maximum atomic E-state index is 11.6. The van der Waals surface area contributed by atoms with Gasteiger partial charge in [-0.3, -0.25) is 9.36 Å². The molecule has 2 aromatic rings. The zero-order valence-corrected chi connectivity index (χ0v) is 9.17. The summed E-state index contributed by atoms with van der Waals surface area (Å²) in [6.07, 6.45) is 0. The van der Waals surface area contributed by atoms with Crippen LogP contribution in [0, 0.1) is 5.92 Å². The van der Waals surface area contributed by atoms with Crippen molar-refractivity contribution in [3.05, 3.63) is 28.7 Å². The van der Waals surface area contributed by atoms with E-state index in [2.05, 4.69) is 4.98 Å². The minimum absolute atomic E-state index is 0.0354. The quantitative estimate of drug-likeness (QED) is 0.733. The van der Waals surface area contributed by atoms with Gasteiger partial charge >= 0.3 is 11.7 Å². The van der Waals surface area contributed by atoms with Gasteiger partial charge in [0.25, 0.3) is 0 Å². The number of carbonyl (C=O) groups is 1. The first-order chi connectivity index (χ1) is 7.99. The lowest BCUT2D eigenvalue weighted by molar-refractivity contribution is -0.141. The van der Waals surface area contributed by atoms with Crippen LogP contribution in [0.5, 0.6) is 5.75 Å². The van der Waals surface area contributed by atoms with E-state index in [-0.39, 0.29) is 18.0 Å². The Labute approximate surface area is 96.1 Å². The molecule has 6 heteroatoms. The largest absolute Gasteiger partial charge is 0.508 e. The molecule has 3 N–H and O–H groups in total. The average Bonchev–Trinajstić information content (AvgIpc) is 2.55. The van der Waals surface area contributed by atoms with Crippen LogP contribution in [-0.4, -0.2) is 25.7 Å². The summed E-state index contributed by atoms with van der Waals surface area (Å²) in [6.45, 7) is 1.59. The number of benzene rings is 1. The molecule has 1 aromatic carbocycles. The smallest absolute Gasteiger partial charge is 0.326 e.